The summed E-state index contributed by atoms with van der Waals surface area (Å²) in [5, 5.41) is 7.47. The number of aryl methyl sites for hydroxylation is 2. The van der Waals surface area contributed by atoms with E-state index in [1.165, 1.54) is 11.3 Å². The molecule has 0 aliphatic rings. The SMILES string of the molecule is COc1ccc(-c2nnsc2C(=O)Nc2nc(C)c(C)s2)cc1. The number of hydrogen-bond donors (Lipinski definition) is 1. The first kappa shape index (κ1) is 15.6. The maximum absolute atomic E-state index is 12.5. The van der Waals surface area contributed by atoms with Crippen LogP contribution in [0.3, 0.4) is 0 Å². The van der Waals surface area contributed by atoms with E-state index in [1.807, 2.05) is 38.1 Å². The number of carbonyl (C=O) groups excluding carboxylic acids is 1. The first-order valence-electron chi connectivity index (χ1n) is 6.80. The van der Waals surface area contributed by atoms with E-state index < -0.39 is 0 Å². The summed E-state index contributed by atoms with van der Waals surface area (Å²) in [7, 11) is 1.61. The van der Waals surface area contributed by atoms with Crippen molar-refractivity contribution in [3.8, 4) is 17.0 Å². The van der Waals surface area contributed by atoms with Gasteiger partial charge in [-0.05, 0) is 49.6 Å². The predicted molar refractivity (Wildman–Crippen MR) is 91.4 cm³/mol. The molecule has 0 saturated carbocycles. The first-order chi connectivity index (χ1) is 11.1. The van der Waals surface area contributed by atoms with E-state index in [2.05, 4.69) is 19.9 Å². The highest BCUT2D eigenvalue weighted by molar-refractivity contribution is 7.16. The minimum absolute atomic E-state index is 0.250. The molecule has 3 rings (SSSR count). The number of nitrogens with one attached hydrogen (secondary N) is 1. The second kappa shape index (κ2) is 6.43. The highest BCUT2D eigenvalue weighted by Gasteiger charge is 2.19. The molecule has 6 nitrogen and oxygen atoms in total. The molecule has 2 aromatic heterocycles. The molecule has 0 bridgehead atoms. The van der Waals surface area contributed by atoms with E-state index >= 15 is 0 Å². The summed E-state index contributed by atoms with van der Waals surface area (Å²) >= 11 is 2.52. The Labute approximate surface area is 141 Å². The van der Waals surface area contributed by atoms with Crippen LogP contribution in [0.2, 0.25) is 0 Å². The van der Waals surface area contributed by atoms with Gasteiger partial charge < -0.3 is 4.74 Å². The van der Waals surface area contributed by atoms with E-state index in [0.29, 0.717) is 15.7 Å². The summed E-state index contributed by atoms with van der Waals surface area (Å²) in [5.41, 5.74) is 2.29. The lowest BCUT2D eigenvalue weighted by Gasteiger charge is -2.03. The Hall–Kier alpha value is -2.32. The number of methoxy groups -OCH3 is 1. The van der Waals surface area contributed by atoms with Crippen molar-refractivity contribution >= 4 is 33.9 Å². The van der Waals surface area contributed by atoms with Gasteiger partial charge >= 0.3 is 0 Å². The number of hydrogen-bond acceptors (Lipinski definition) is 7. The summed E-state index contributed by atoms with van der Waals surface area (Å²) in [6.45, 7) is 3.89. The number of nitrogens with zero attached hydrogens (tertiary/aromatic N) is 3. The third kappa shape index (κ3) is 3.22. The Bertz CT molecular complexity index is 820. The average molecular weight is 346 g/mol. The zero-order valence-electron chi connectivity index (χ0n) is 12.8. The van der Waals surface area contributed by atoms with Gasteiger partial charge in [-0.3, -0.25) is 10.1 Å². The number of aromatic nitrogens is 3. The fourth-order valence-electron chi connectivity index (χ4n) is 1.96. The van der Waals surface area contributed by atoms with Crippen LogP contribution >= 0.6 is 22.9 Å². The highest BCUT2D eigenvalue weighted by atomic mass is 32.1. The molecule has 1 aromatic carbocycles. The van der Waals surface area contributed by atoms with Crippen LogP contribution in [0.5, 0.6) is 5.75 Å². The maximum Gasteiger partial charge on any atom is 0.271 e. The Morgan fingerprint density at radius 1 is 1.22 bits per heavy atom. The van der Waals surface area contributed by atoms with Crippen molar-refractivity contribution < 1.29 is 9.53 Å². The number of anilines is 1. The number of benzene rings is 1. The Morgan fingerprint density at radius 3 is 2.57 bits per heavy atom. The molecule has 2 heterocycles. The lowest BCUT2D eigenvalue weighted by atomic mass is 10.1. The Kier molecular flexibility index (Phi) is 4.35. The summed E-state index contributed by atoms with van der Waals surface area (Å²) in [6, 6.07) is 7.35. The lowest BCUT2D eigenvalue weighted by molar-refractivity contribution is 0.103. The Morgan fingerprint density at radius 2 is 1.96 bits per heavy atom. The molecule has 0 saturated heterocycles. The highest BCUT2D eigenvalue weighted by Crippen LogP contribution is 2.27. The van der Waals surface area contributed by atoms with Crippen molar-refractivity contribution in [3.63, 3.8) is 0 Å². The van der Waals surface area contributed by atoms with Crippen molar-refractivity contribution in [1.82, 2.24) is 14.6 Å². The lowest BCUT2D eigenvalue weighted by Crippen LogP contribution is -2.11. The quantitative estimate of drug-likeness (QED) is 0.782. The summed E-state index contributed by atoms with van der Waals surface area (Å²) in [4.78, 5) is 18.3. The van der Waals surface area contributed by atoms with Gasteiger partial charge in [0, 0.05) is 10.4 Å². The minimum atomic E-state index is -0.250. The van der Waals surface area contributed by atoms with Gasteiger partial charge in [0.25, 0.3) is 5.91 Å². The monoisotopic (exact) mass is 346 g/mol. The second-order valence-corrected chi connectivity index (χ2v) is 6.75. The smallest absolute Gasteiger partial charge is 0.271 e. The van der Waals surface area contributed by atoms with E-state index in [4.69, 9.17) is 4.74 Å². The van der Waals surface area contributed by atoms with Crippen LogP contribution in [0.25, 0.3) is 11.3 Å². The molecular formula is C15H14N4O2S2. The average Bonchev–Trinajstić information content (AvgIpc) is 3.15. The number of carbonyl (C=O) groups is 1. The molecule has 118 valence electrons. The zero-order chi connectivity index (χ0) is 16.4. The number of amides is 1. The normalized spacial score (nSPS) is 10.6. The molecular weight excluding hydrogens is 332 g/mol. The van der Waals surface area contributed by atoms with Crippen molar-refractivity contribution in [1.29, 1.82) is 0 Å². The first-order valence-corrected chi connectivity index (χ1v) is 8.39. The van der Waals surface area contributed by atoms with Crippen LogP contribution in [0.1, 0.15) is 20.2 Å². The van der Waals surface area contributed by atoms with Gasteiger partial charge in [0.15, 0.2) is 5.13 Å². The third-order valence-electron chi connectivity index (χ3n) is 3.31. The molecule has 0 atom stereocenters. The summed E-state index contributed by atoms with van der Waals surface area (Å²) in [6.07, 6.45) is 0. The topological polar surface area (TPSA) is 77.0 Å². The van der Waals surface area contributed by atoms with Crippen LogP contribution < -0.4 is 10.1 Å². The molecule has 3 aromatic rings. The van der Waals surface area contributed by atoms with Crippen molar-refractivity contribution in [2.45, 2.75) is 13.8 Å². The predicted octanol–water partition coefficient (Wildman–Crippen LogP) is 3.54. The third-order valence-corrected chi connectivity index (χ3v) is 5.02. The fourth-order valence-corrected chi connectivity index (χ4v) is 3.35. The van der Waals surface area contributed by atoms with Gasteiger partial charge in [-0.15, -0.1) is 16.4 Å². The molecule has 0 aliphatic carbocycles. The molecule has 0 unspecified atom stereocenters. The van der Waals surface area contributed by atoms with Crippen LogP contribution in [-0.2, 0) is 0 Å². The van der Waals surface area contributed by atoms with Gasteiger partial charge in [0.2, 0.25) is 0 Å². The number of ether oxygens (including phenoxy) is 1. The second-order valence-electron chi connectivity index (χ2n) is 4.79. The fraction of sp³-hybridized carbons (Fsp3) is 0.200. The van der Waals surface area contributed by atoms with Crippen LogP contribution in [-0.4, -0.2) is 27.6 Å². The number of thiazole rings is 1. The maximum atomic E-state index is 12.5. The molecule has 1 N–H and O–H groups in total. The van der Waals surface area contributed by atoms with E-state index in [1.54, 1.807) is 7.11 Å². The van der Waals surface area contributed by atoms with E-state index in [9.17, 15) is 4.79 Å². The zero-order valence-corrected chi connectivity index (χ0v) is 14.4. The van der Waals surface area contributed by atoms with Gasteiger partial charge in [-0.25, -0.2) is 4.98 Å². The molecule has 23 heavy (non-hydrogen) atoms. The molecule has 1 amide bonds. The number of rotatable bonds is 4. The standard InChI is InChI=1S/C15H14N4O2S2/c1-8-9(2)22-15(16-8)17-14(20)13-12(18-19-23-13)10-4-6-11(21-3)7-5-10/h4-7H,1-3H3,(H,16,17,20). The van der Waals surface area contributed by atoms with Crippen LogP contribution in [0, 0.1) is 13.8 Å². The molecule has 0 spiro atoms. The van der Waals surface area contributed by atoms with Gasteiger partial charge in [0.1, 0.15) is 16.3 Å². The molecule has 0 aliphatic heterocycles. The van der Waals surface area contributed by atoms with Gasteiger partial charge in [-0.1, -0.05) is 4.49 Å². The molecule has 0 fully saturated rings. The van der Waals surface area contributed by atoms with E-state index in [-0.39, 0.29) is 5.91 Å². The largest absolute Gasteiger partial charge is 0.497 e. The van der Waals surface area contributed by atoms with Gasteiger partial charge in [0.05, 0.1) is 12.8 Å². The Balaban J connectivity index is 1.85. The van der Waals surface area contributed by atoms with Crippen LogP contribution in [0.4, 0.5) is 5.13 Å². The molecule has 8 heteroatoms. The molecule has 0 radical (unpaired) electrons. The van der Waals surface area contributed by atoms with E-state index in [0.717, 1.165) is 33.4 Å². The summed E-state index contributed by atoms with van der Waals surface area (Å²) in [5.74, 6) is 0.497. The van der Waals surface area contributed by atoms with Crippen LogP contribution in [0.15, 0.2) is 24.3 Å². The van der Waals surface area contributed by atoms with Crippen molar-refractivity contribution in [2.75, 3.05) is 12.4 Å². The van der Waals surface area contributed by atoms with Gasteiger partial charge in [-0.2, -0.15) is 0 Å². The van der Waals surface area contributed by atoms with Crippen molar-refractivity contribution in [2.24, 2.45) is 0 Å². The van der Waals surface area contributed by atoms with Crippen molar-refractivity contribution in [3.05, 3.63) is 39.7 Å². The minimum Gasteiger partial charge on any atom is -0.497 e. The summed E-state index contributed by atoms with van der Waals surface area (Å²) < 4.78 is 9.05.